The fraction of sp³-hybridized carbons (Fsp3) is 0.222. The van der Waals surface area contributed by atoms with Crippen molar-refractivity contribution < 1.29 is 23.4 Å². The van der Waals surface area contributed by atoms with Gasteiger partial charge < -0.3 is 14.2 Å². The molecule has 1 atom stereocenters. The number of hydrogen-bond acceptors (Lipinski definition) is 9. The van der Waals surface area contributed by atoms with Crippen LogP contribution in [0.3, 0.4) is 0 Å². The molecular weight excluding hydrogens is 509 g/mol. The lowest BCUT2D eigenvalue weighted by molar-refractivity contribution is 0.0713. The van der Waals surface area contributed by atoms with Crippen LogP contribution in [0.25, 0.3) is 31.8 Å². The molecule has 1 unspecified atom stereocenters. The van der Waals surface area contributed by atoms with Crippen molar-refractivity contribution in [2.24, 2.45) is 0 Å². The summed E-state index contributed by atoms with van der Waals surface area (Å²) in [6.07, 6.45) is 3.95. The third-order valence-electron chi connectivity index (χ3n) is 5.71. The standard InChI is InChI=1S/C27H24FN5O4S/c1-4-17(37-27(34)31-16-6-5-7-29-12-16)14-36-22-11-23-20(10-19(22)28)33-26(38-23)18-8-15(2)9-21-25(18)30-13-24(32-21)35-3/h5-13,17H,4,14H2,1-3H3,(H,31,34). The Bertz CT molecular complexity index is 1610. The van der Waals surface area contributed by atoms with E-state index >= 15 is 0 Å². The third kappa shape index (κ3) is 5.47. The summed E-state index contributed by atoms with van der Waals surface area (Å²) < 4.78 is 32.0. The first kappa shape index (κ1) is 25.3. The first-order valence-corrected chi connectivity index (χ1v) is 12.7. The molecule has 3 aromatic heterocycles. The van der Waals surface area contributed by atoms with Crippen LogP contribution in [0.2, 0.25) is 0 Å². The number of aryl methyl sites for hydroxylation is 1. The Hall–Kier alpha value is -4.38. The molecule has 194 valence electrons. The number of fused-ring (bicyclic) bond motifs is 2. The smallest absolute Gasteiger partial charge is 0.412 e. The van der Waals surface area contributed by atoms with Gasteiger partial charge in [0.25, 0.3) is 0 Å². The molecule has 0 radical (unpaired) electrons. The van der Waals surface area contributed by atoms with Gasteiger partial charge in [-0.2, -0.15) is 0 Å². The monoisotopic (exact) mass is 533 g/mol. The Morgan fingerprint density at radius 1 is 1.16 bits per heavy atom. The lowest BCUT2D eigenvalue weighted by Crippen LogP contribution is -2.27. The summed E-state index contributed by atoms with van der Waals surface area (Å²) in [6.45, 7) is 3.81. The van der Waals surface area contributed by atoms with E-state index in [1.165, 1.54) is 23.6 Å². The molecule has 5 rings (SSSR count). The third-order valence-corrected chi connectivity index (χ3v) is 6.76. The Kier molecular flexibility index (Phi) is 7.27. The highest BCUT2D eigenvalue weighted by atomic mass is 32.1. The molecular formula is C27H24FN5O4S. The van der Waals surface area contributed by atoms with Crippen molar-refractivity contribution in [3.63, 3.8) is 0 Å². The van der Waals surface area contributed by atoms with E-state index in [-0.39, 0.29) is 12.4 Å². The molecule has 0 aliphatic rings. The second-order valence-corrected chi connectivity index (χ2v) is 9.51. The molecule has 0 spiro atoms. The van der Waals surface area contributed by atoms with Gasteiger partial charge in [-0.15, -0.1) is 11.3 Å². The molecule has 0 saturated heterocycles. The summed E-state index contributed by atoms with van der Waals surface area (Å²) >= 11 is 1.40. The fourth-order valence-electron chi connectivity index (χ4n) is 3.82. The SMILES string of the molecule is CCC(COc1cc2sc(-c3cc(C)cc4nc(OC)cnc34)nc2cc1F)OC(=O)Nc1cccnc1. The Labute approximate surface area is 221 Å². The van der Waals surface area contributed by atoms with Gasteiger partial charge in [0.2, 0.25) is 5.88 Å². The minimum absolute atomic E-state index is 0.00894. The number of amides is 1. The number of thiazole rings is 1. The van der Waals surface area contributed by atoms with Crippen molar-refractivity contribution in [2.45, 2.75) is 26.4 Å². The van der Waals surface area contributed by atoms with Crippen molar-refractivity contribution in [3.05, 3.63) is 66.4 Å². The summed E-state index contributed by atoms with van der Waals surface area (Å²) in [4.78, 5) is 29.8. The fourth-order valence-corrected chi connectivity index (χ4v) is 4.81. The number of methoxy groups -OCH3 is 1. The van der Waals surface area contributed by atoms with Crippen LogP contribution in [0, 0.1) is 12.7 Å². The summed E-state index contributed by atoms with van der Waals surface area (Å²) in [6, 6.07) is 10.3. The van der Waals surface area contributed by atoms with Gasteiger partial charge >= 0.3 is 6.09 Å². The molecule has 0 aliphatic carbocycles. The summed E-state index contributed by atoms with van der Waals surface area (Å²) in [7, 11) is 1.54. The second kappa shape index (κ2) is 10.9. The van der Waals surface area contributed by atoms with Gasteiger partial charge in [-0.1, -0.05) is 6.92 Å². The van der Waals surface area contributed by atoms with Crippen molar-refractivity contribution in [3.8, 4) is 22.2 Å². The number of pyridine rings is 1. The highest BCUT2D eigenvalue weighted by molar-refractivity contribution is 7.21. The minimum Gasteiger partial charge on any atom is -0.487 e. The van der Waals surface area contributed by atoms with E-state index in [0.29, 0.717) is 39.5 Å². The number of benzene rings is 2. The van der Waals surface area contributed by atoms with Crippen LogP contribution in [0.4, 0.5) is 14.9 Å². The zero-order valence-corrected chi connectivity index (χ0v) is 21.7. The average Bonchev–Trinajstić information content (AvgIpc) is 3.33. The largest absolute Gasteiger partial charge is 0.487 e. The lowest BCUT2D eigenvalue weighted by Gasteiger charge is -2.17. The van der Waals surface area contributed by atoms with Crippen LogP contribution in [0.15, 0.2) is 55.0 Å². The molecule has 1 amide bonds. The minimum atomic E-state index is -0.637. The quantitative estimate of drug-likeness (QED) is 0.253. The van der Waals surface area contributed by atoms with E-state index in [2.05, 4.69) is 25.3 Å². The Morgan fingerprint density at radius 3 is 2.79 bits per heavy atom. The highest BCUT2D eigenvalue weighted by Gasteiger charge is 2.18. The van der Waals surface area contributed by atoms with Crippen LogP contribution >= 0.6 is 11.3 Å². The molecule has 3 heterocycles. The molecule has 0 aliphatic heterocycles. The maximum atomic E-state index is 14.9. The zero-order chi connectivity index (χ0) is 26.6. The van der Waals surface area contributed by atoms with E-state index in [4.69, 9.17) is 14.2 Å². The number of carbonyl (C=O) groups excluding carboxylic acids is 1. The number of hydrogen-bond donors (Lipinski definition) is 1. The summed E-state index contributed by atoms with van der Waals surface area (Å²) in [5.41, 5.74) is 4.18. The Morgan fingerprint density at radius 2 is 2.03 bits per heavy atom. The van der Waals surface area contributed by atoms with Gasteiger partial charge in [-0.25, -0.2) is 24.1 Å². The van der Waals surface area contributed by atoms with Crippen LogP contribution in [-0.2, 0) is 4.74 Å². The van der Waals surface area contributed by atoms with Crippen LogP contribution in [-0.4, -0.2) is 45.8 Å². The molecule has 38 heavy (non-hydrogen) atoms. The molecule has 0 bridgehead atoms. The summed E-state index contributed by atoms with van der Waals surface area (Å²) in [5, 5.41) is 3.29. The normalized spacial score (nSPS) is 11.9. The van der Waals surface area contributed by atoms with Gasteiger partial charge in [0, 0.05) is 23.9 Å². The number of halogens is 1. The van der Waals surface area contributed by atoms with E-state index in [9.17, 15) is 9.18 Å². The van der Waals surface area contributed by atoms with Crippen molar-refractivity contribution in [1.29, 1.82) is 0 Å². The number of nitrogens with zero attached hydrogens (tertiary/aromatic N) is 4. The van der Waals surface area contributed by atoms with Crippen molar-refractivity contribution in [2.75, 3.05) is 19.0 Å². The summed E-state index contributed by atoms with van der Waals surface area (Å²) in [5.74, 6) is -0.0742. The maximum absolute atomic E-state index is 14.9. The van der Waals surface area contributed by atoms with Gasteiger partial charge in [-0.3, -0.25) is 10.3 Å². The van der Waals surface area contributed by atoms with Crippen LogP contribution in [0.1, 0.15) is 18.9 Å². The first-order valence-electron chi connectivity index (χ1n) is 11.9. The van der Waals surface area contributed by atoms with E-state index in [0.717, 1.165) is 15.8 Å². The number of anilines is 1. The predicted octanol–water partition coefficient (Wildman–Crippen LogP) is 6.16. The molecule has 0 fully saturated rings. The number of nitrogens with one attached hydrogen (secondary N) is 1. The average molecular weight is 534 g/mol. The van der Waals surface area contributed by atoms with Crippen LogP contribution in [0.5, 0.6) is 11.6 Å². The van der Waals surface area contributed by atoms with Gasteiger partial charge in [-0.05, 0) is 43.2 Å². The molecule has 1 N–H and O–H groups in total. The number of ether oxygens (including phenoxy) is 3. The maximum Gasteiger partial charge on any atom is 0.412 e. The van der Waals surface area contributed by atoms with E-state index in [1.807, 2.05) is 26.0 Å². The highest BCUT2D eigenvalue weighted by Crippen LogP contribution is 2.37. The van der Waals surface area contributed by atoms with E-state index < -0.39 is 18.0 Å². The molecule has 0 saturated carbocycles. The predicted molar refractivity (Wildman–Crippen MR) is 143 cm³/mol. The Balaban J connectivity index is 1.35. The zero-order valence-electron chi connectivity index (χ0n) is 20.9. The van der Waals surface area contributed by atoms with Crippen molar-refractivity contribution >= 4 is 44.4 Å². The van der Waals surface area contributed by atoms with Gasteiger partial charge in [0.15, 0.2) is 11.6 Å². The second-order valence-electron chi connectivity index (χ2n) is 8.48. The molecule has 2 aromatic carbocycles. The lowest BCUT2D eigenvalue weighted by atomic mass is 10.1. The number of rotatable bonds is 8. The molecule has 5 aromatic rings. The topological polar surface area (TPSA) is 108 Å². The van der Waals surface area contributed by atoms with Crippen LogP contribution < -0.4 is 14.8 Å². The molecule has 11 heteroatoms. The molecule has 9 nitrogen and oxygen atoms in total. The van der Waals surface area contributed by atoms with E-state index in [1.54, 1.807) is 37.7 Å². The van der Waals surface area contributed by atoms with Crippen molar-refractivity contribution in [1.82, 2.24) is 19.9 Å². The number of carbonyl (C=O) groups is 1. The van der Waals surface area contributed by atoms with Gasteiger partial charge in [0.05, 0.1) is 46.4 Å². The van der Waals surface area contributed by atoms with Gasteiger partial charge in [0.1, 0.15) is 17.7 Å². The number of aromatic nitrogens is 4. The first-order chi connectivity index (χ1) is 18.4.